The van der Waals surface area contributed by atoms with Crippen LogP contribution in [0.5, 0.6) is 0 Å². The van der Waals surface area contributed by atoms with Crippen LogP contribution < -0.4 is 5.73 Å². The Morgan fingerprint density at radius 1 is 1.35 bits per heavy atom. The SMILES string of the molecule is CCC(C)CN(CC)C(=O)C1(CN)CCCC1. The third-order valence-electron chi connectivity index (χ3n) is 4.30. The molecule has 17 heavy (non-hydrogen) atoms. The number of carbonyl (C=O) groups excluding carboxylic acids is 1. The van der Waals surface area contributed by atoms with E-state index in [4.69, 9.17) is 5.73 Å². The number of rotatable bonds is 6. The molecule has 1 amide bonds. The fourth-order valence-electron chi connectivity index (χ4n) is 2.75. The summed E-state index contributed by atoms with van der Waals surface area (Å²) in [5.74, 6) is 0.885. The van der Waals surface area contributed by atoms with E-state index in [-0.39, 0.29) is 5.41 Å². The number of nitrogens with two attached hydrogens (primary N) is 1. The van der Waals surface area contributed by atoms with Crippen molar-refractivity contribution in [1.29, 1.82) is 0 Å². The van der Waals surface area contributed by atoms with Gasteiger partial charge in [-0.15, -0.1) is 0 Å². The Labute approximate surface area is 106 Å². The van der Waals surface area contributed by atoms with Crippen LogP contribution in [-0.2, 0) is 4.79 Å². The van der Waals surface area contributed by atoms with Gasteiger partial charge in [-0.05, 0) is 25.7 Å². The molecule has 0 aromatic carbocycles. The Bertz CT molecular complexity index is 247. The molecule has 0 saturated heterocycles. The lowest BCUT2D eigenvalue weighted by Crippen LogP contribution is -2.47. The number of hydrogen-bond donors (Lipinski definition) is 1. The molecule has 0 aromatic heterocycles. The predicted octanol–water partition coefficient (Wildman–Crippen LogP) is 2.40. The van der Waals surface area contributed by atoms with Gasteiger partial charge in [0.2, 0.25) is 5.91 Å². The minimum atomic E-state index is -0.233. The molecular weight excluding hydrogens is 212 g/mol. The fraction of sp³-hybridized carbons (Fsp3) is 0.929. The number of carbonyl (C=O) groups is 1. The van der Waals surface area contributed by atoms with Gasteiger partial charge in [0, 0.05) is 19.6 Å². The van der Waals surface area contributed by atoms with Crippen molar-refractivity contribution in [2.24, 2.45) is 17.1 Å². The fourth-order valence-corrected chi connectivity index (χ4v) is 2.75. The first-order chi connectivity index (χ1) is 8.09. The van der Waals surface area contributed by atoms with Gasteiger partial charge in [-0.3, -0.25) is 4.79 Å². The number of amides is 1. The minimum absolute atomic E-state index is 0.233. The van der Waals surface area contributed by atoms with Gasteiger partial charge >= 0.3 is 0 Å². The molecule has 3 nitrogen and oxygen atoms in total. The van der Waals surface area contributed by atoms with Crippen molar-refractivity contribution in [2.45, 2.75) is 52.9 Å². The molecule has 0 aromatic rings. The van der Waals surface area contributed by atoms with Gasteiger partial charge < -0.3 is 10.6 Å². The average molecular weight is 240 g/mol. The second-order valence-electron chi connectivity index (χ2n) is 5.55. The van der Waals surface area contributed by atoms with E-state index in [1.54, 1.807) is 0 Å². The molecule has 1 fully saturated rings. The maximum Gasteiger partial charge on any atom is 0.230 e. The first kappa shape index (κ1) is 14.5. The Balaban J connectivity index is 2.70. The lowest BCUT2D eigenvalue weighted by molar-refractivity contribution is -0.141. The van der Waals surface area contributed by atoms with Crippen LogP contribution in [0.3, 0.4) is 0 Å². The topological polar surface area (TPSA) is 46.3 Å². The highest BCUT2D eigenvalue weighted by Gasteiger charge is 2.42. The third-order valence-corrected chi connectivity index (χ3v) is 4.30. The number of hydrogen-bond acceptors (Lipinski definition) is 2. The average Bonchev–Trinajstić information content (AvgIpc) is 2.84. The van der Waals surface area contributed by atoms with Crippen molar-refractivity contribution in [2.75, 3.05) is 19.6 Å². The van der Waals surface area contributed by atoms with Gasteiger partial charge in [0.1, 0.15) is 0 Å². The van der Waals surface area contributed by atoms with Crippen molar-refractivity contribution >= 4 is 5.91 Å². The van der Waals surface area contributed by atoms with Crippen LogP contribution in [0.4, 0.5) is 0 Å². The molecule has 1 aliphatic rings. The highest BCUT2D eigenvalue weighted by molar-refractivity contribution is 5.83. The van der Waals surface area contributed by atoms with E-state index in [0.717, 1.165) is 45.2 Å². The molecule has 0 bridgehead atoms. The van der Waals surface area contributed by atoms with Crippen LogP contribution >= 0.6 is 0 Å². The maximum absolute atomic E-state index is 12.6. The van der Waals surface area contributed by atoms with Gasteiger partial charge in [-0.2, -0.15) is 0 Å². The smallest absolute Gasteiger partial charge is 0.230 e. The molecule has 1 saturated carbocycles. The van der Waals surface area contributed by atoms with E-state index >= 15 is 0 Å². The Morgan fingerprint density at radius 3 is 2.35 bits per heavy atom. The first-order valence-electron chi connectivity index (χ1n) is 7.09. The van der Waals surface area contributed by atoms with Gasteiger partial charge in [0.05, 0.1) is 5.41 Å². The molecule has 0 spiro atoms. The van der Waals surface area contributed by atoms with Crippen molar-refractivity contribution in [3.05, 3.63) is 0 Å². The van der Waals surface area contributed by atoms with Crippen molar-refractivity contribution in [3.8, 4) is 0 Å². The largest absolute Gasteiger partial charge is 0.342 e. The summed E-state index contributed by atoms with van der Waals surface area (Å²) in [6, 6.07) is 0. The molecule has 100 valence electrons. The second kappa shape index (κ2) is 6.39. The predicted molar refractivity (Wildman–Crippen MR) is 71.7 cm³/mol. The summed E-state index contributed by atoms with van der Waals surface area (Å²) in [6.45, 7) is 8.66. The van der Waals surface area contributed by atoms with E-state index in [0.29, 0.717) is 18.4 Å². The highest BCUT2D eigenvalue weighted by atomic mass is 16.2. The summed E-state index contributed by atoms with van der Waals surface area (Å²) in [5, 5.41) is 0. The lowest BCUT2D eigenvalue weighted by Gasteiger charge is -2.34. The Hall–Kier alpha value is -0.570. The highest BCUT2D eigenvalue weighted by Crippen LogP contribution is 2.38. The Morgan fingerprint density at radius 2 is 1.94 bits per heavy atom. The van der Waals surface area contributed by atoms with Gasteiger partial charge in [0.15, 0.2) is 0 Å². The molecule has 1 rings (SSSR count). The van der Waals surface area contributed by atoms with Crippen LogP contribution in [0.2, 0.25) is 0 Å². The molecule has 3 heteroatoms. The summed E-state index contributed by atoms with van der Waals surface area (Å²) >= 11 is 0. The minimum Gasteiger partial charge on any atom is -0.342 e. The molecule has 0 aliphatic heterocycles. The number of nitrogens with zero attached hydrogens (tertiary/aromatic N) is 1. The van der Waals surface area contributed by atoms with Gasteiger partial charge in [-0.1, -0.05) is 33.1 Å². The van der Waals surface area contributed by atoms with Crippen molar-refractivity contribution in [1.82, 2.24) is 4.90 Å². The van der Waals surface area contributed by atoms with E-state index in [1.807, 2.05) is 4.90 Å². The monoisotopic (exact) mass is 240 g/mol. The van der Waals surface area contributed by atoms with Crippen LogP contribution in [0, 0.1) is 11.3 Å². The summed E-state index contributed by atoms with van der Waals surface area (Å²) in [4.78, 5) is 14.6. The van der Waals surface area contributed by atoms with Crippen molar-refractivity contribution < 1.29 is 4.79 Å². The maximum atomic E-state index is 12.6. The quantitative estimate of drug-likeness (QED) is 0.775. The van der Waals surface area contributed by atoms with E-state index < -0.39 is 0 Å². The second-order valence-corrected chi connectivity index (χ2v) is 5.55. The third kappa shape index (κ3) is 3.21. The van der Waals surface area contributed by atoms with Gasteiger partial charge in [0.25, 0.3) is 0 Å². The zero-order valence-electron chi connectivity index (χ0n) is 11.7. The molecule has 2 N–H and O–H groups in total. The van der Waals surface area contributed by atoms with E-state index in [9.17, 15) is 4.79 Å². The molecule has 0 radical (unpaired) electrons. The first-order valence-corrected chi connectivity index (χ1v) is 7.09. The lowest BCUT2D eigenvalue weighted by atomic mass is 9.84. The molecule has 1 atom stereocenters. The van der Waals surface area contributed by atoms with E-state index in [2.05, 4.69) is 20.8 Å². The molecule has 1 aliphatic carbocycles. The van der Waals surface area contributed by atoms with E-state index in [1.165, 1.54) is 0 Å². The van der Waals surface area contributed by atoms with Crippen LogP contribution in [0.1, 0.15) is 52.9 Å². The summed E-state index contributed by atoms with van der Waals surface area (Å²) < 4.78 is 0. The normalized spacial score (nSPS) is 20.2. The summed E-state index contributed by atoms with van der Waals surface area (Å²) in [5.41, 5.74) is 5.65. The van der Waals surface area contributed by atoms with Crippen LogP contribution in [0.25, 0.3) is 0 Å². The van der Waals surface area contributed by atoms with Crippen LogP contribution in [0.15, 0.2) is 0 Å². The summed E-state index contributed by atoms with van der Waals surface area (Å²) in [7, 11) is 0. The van der Waals surface area contributed by atoms with Crippen molar-refractivity contribution in [3.63, 3.8) is 0 Å². The Kier molecular flexibility index (Phi) is 5.44. The van der Waals surface area contributed by atoms with Crippen LogP contribution in [-0.4, -0.2) is 30.4 Å². The summed E-state index contributed by atoms with van der Waals surface area (Å²) in [6.07, 6.45) is 5.41. The molecule has 0 heterocycles. The standard InChI is InChI=1S/C14H28N2O/c1-4-12(3)10-16(5-2)13(17)14(11-15)8-6-7-9-14/h12H,4-11,15H2,1-3H3. The zero-order valence-corrected chi connectivity index (χ0v) is 11.7. The zero-order chi connectivity index (χ0) is 12.9. The molecule has 1 unspecified atom stereocenters. The molecular formula is C14H28N2O. The van der Waals surface area contributed by atoms with Gasteiger partial charge in [-0.25, -0.2) is 0 Å².